The van der Waals surface area contributed by atoms with E-state index in [1.54, 1.807) is 0 Å². The maximum atomic E-state index is 5.58. The third kappa shape index (κ3) is 4.54. The average Bonchev–Trinajstić information content (AvgIpc) is 2.91. The molecule has 0 aromatic heterocycles. The summed E-state index contributed by atoms with van der Waals surface area (Å²) >= 11 is 3.47. The first-order valence-corrected chi connectivity index (χ1v) is 7.26. The second-order valence-corrected chi connectivity index (χ2v) is 5.43. The minimum Gasteiger partial charge on any atom is -0.481 e. The van der Waals surface area contributed by atoms with Crippen LogP contribution < -0.4 is 10.1 Å². The summed E-state index contributed by atoms with van der Waals surface area (Å²) in [7, 11) is 0. The van der Waals surface area contributed by atoms with Crippen LogP contribution in [0, 0.1) is 12.3 Å². The van der Waals surface area contributed by atoms with Crippen molar-refractivity contribution in [2.24, 2.45) is 0 Å². The van der Waals surface area contributed by atoms with Gasteiger partial charge in [0.25, 0.3) is 0 Å². The lowest BCUT2D eigenvalue weighted by atomic mass is 10.2. The Labute approximate surface area is 122 Å². The van der Waals surface area contributed by atoms with Crippen LogP contribution in [0.1, 0.15) is 18.4 Å². The van der Waals surface area contributed by atoms with Gasteiger partial charge in [-0.05, 0) is 31.0 Å². The number of ether oxygens (including phenoxy) is 2. The molecule has 19 heavy (non-hydrogen) atoms. The number of hydrogen-bond acceptors (Lipinski definition) is 3. The lowest BCUT2D eigenvalue weighted by molar-refractivity contribution is 0.110. The van der Waals surface area contributed by atoms with Gasteiger partial charge in [0.15, 0.2) is 0 Å². The second kappa shape index (κ2) is 7.54. The average molecular weight is 324 g/mol. The number of benzene rings is 1. The van der Waals surface area contributed by atoms with E-state index in [4.69, 9.17) is 15.9 Å². The van der Waals surface area contributed by atoms with Crippen LogP contribution in [0.5, 0.6) is 5.75 Å². The zero-order valence-electron chi connectivity index (χ0n) is 10.8. The van der Waals surface area contributed by atoms with E-state index in [1.165, 1.54) is 6.42 Å². The molecule has 1 aromatic carbocycles. The quantitative estimate of drug-likeness (QED) is 0.816. The van der Waals surface area contributed by atoms with E-state index >= 15 is 0 Å². The van der Waals surface area contributed by atoms with Crippen LogP contribution in [0.25, 0.3) is 0 Å². The largest absolute Gasteiger partial charge is 0.481 e. The molecule has 1 N–H and O–H groups in total. The third-order valence-electron chi connectivity index (χ3n) is 3.04. The summed E-state index contributed by atoms with van der Waals surface area (Å²) in [6.45, 7) is 2.81. The van der Waals surface area contributed by atoms with Gasteiger partial charge in [0, 0.05) is 29.7 Å². The van der Waals surface area contributed by atoms with Gasteiger partial charge in [0.2, 0.25) is 0 Å². The van der Waals surface area contributed by atoms with Gasteiger partial charge in [-0.3, -0.25) is 0 Å². The summed E-state index contributed by atoms with van der Waals surface area (Å²) in [5, 5.41) is 3.41. The Morgan fingerprint density at radius 1 is 1.53 bits per heavy atom. The molecule has 1 aromatic rings. The van der Waals surface area contributed by atoms with Gasteiger partial charge in [-0.25, -0.2) is 0 Å². The van der Waals surface area contributed by atoms with Crippen LogP contribution >= 0.6 is 15.9 Å². The number of hydrogen-bond donors (Lipinski definition) is 1. The molecule has 1 heterocycles. The molecule has 1 aliphatic heterocycles. The van der Waals surface area contributed by atoms with Crippen LogP contribution in [0.3, 0.4) is 0 Å². The molecule has 0 bridgehead atoms. The third-order valence-corrected chi connectivity index (χ3v) is 3.54. The zero-order chi connectivity index (χ0) is 13.5. The van der Waals surface area contributed by atoms with E-state index in [0.717, 1.165) is 41.9 Å². The van der Waals surface area contributed by atoms with Gasteiger partial charge in [-0.1, -0.05) is 21.9 Å². The molecule has 0 radical (unpaired) electrons. The molecule has 0 amide bonds. The van der Waals surface area contributed by atoms with Gasteiger partial charge in [0.05, 0.1) is 6.10 Å². The molecule has 0 saturated carbocycles. The van der Waals surface area contributed by atoms with Gasteiger partial charge in [0.1, 0.15) is 12.4 Å². The predicted octanol–water partition coefficient (Wildman–Crippen LogP) is 2.73. The smallest absolute Gasteiger partial charge is 0.148 e. The lowest BCUT2D eigenvalue weighted by Gasteiger charge is -2.13. The molecular formula is C15H18BrNO2. The standard InChI is InChI=1S/C15H18BrNO2/c1-2-7-19-15-6-5-13(16)9-12(15)10-17-11-14-4-3-8-18-14/h1,5-6,9,14,17H,3-4,7-8,10-11H2. The molecule has 1 fully saturated rings. The van der Waals surface area contributed by atoms with Crippen molar-refractivity contribution < 1.29 is 9.47 Å². The van der Waals surface area contributed by atoms with Crippen molar-refractivity contribution in [3.8, 4) is 18.1 Å². The fourth-order valence-electron chi connectivity index (χ4n) is 2.12. The molecule has 4 heteroatoms. The predicted molar refractivity (Wildman–Crippen MR) is 79.2 cm³/mol. The number of rotatable bonds is 6. The van der Waals surface area contributed by atoms with E-state index in [1.807, 2.05) is 18.2 Å². The van der Waals surface area contributed by atoms with Crippen LogP contribution in [0.15, 0.2) is 22.7 Å². The Balaban J connectivity index is 1.89. The molecule has 1 saturated heterocycles. The highest BCUT2D eigenvalue weighted by molar-refractivity contribution is 9.10. The molecule has 102 valence electrons. The van der Waals surface area contributed by atoms with Gasteiger partial charge in [-0.2, -0.15) is 0 Å². The molecule has 1 aliphatic rings. The zero-order valence-corrected chi connectivity index (χ0v) is 12.4. The van der Waals surface area contributed by atoms with Gasteiger partial charge < -0.3 is 14.8 Å². The number of nitrogens with one attached hydrogen (secondary N) is 1. The van der Waals surface area contributed by atoms with E-state index in [2.05, 4.69) is 27.2 Å². The van der Waals surface area contributed by atoms with Gasteiger partial charge in [-0.15, -0.1) is 6.42 Å². The first-order valence-electron chi connectivity index (χ1n) is 6.46. The normalized spacial score (nSPS) is 18.2. The SMILES string of the molecule is C#CCOc1ccc(Br)cc1CNCC1CCCO1. The molecule has 0 aliphatic carbocycles. The second-order valence-electron chi connectivity index (χ2n) is 4.51. The Morgan fingerprint density at radius 3 is 3.16 bits per heavy atom. The highest BCUT2D eigenvalue weighted by Crippen LogP contribution is 2.23. The molecule has 1 atom stereocenters. The Morgan fingerprint density at radius 2 is 2.42 bits per heavy atom. The van der Waals surface area contributed by atoms with Crippen LogP contribution in [-0.4, -0.2) is 25.9 Å². The maximum absolute atomic E-state index is 5.58. The summed E-state index contributed by atoms with van der Waals surface area (Å²) < 4.78 is 12.2. The fourth-order valence-corrected chi connectivity index (χ4v) is 2.53. The van der Waals surface area contributed by atoms with E-state index < -0.39 is 0 Å². The van der Waals surface area contributed by atoms with E-state index in [0.29, 0.717) is 12.7 Å². The van der Waals surface area contributed by atoms with Crippen molar-refractivity contribution in [2.75, 3.05) is 19.8 Å². The molecular weight excluding hydrogens is 306 g/mol. The highest BCUT2D eigenvalue weighted by Gasteiger charge is 2.14. The molecule has 0 spiro atoms. The Bertz CT molecular complexity index is 450. The molecule has 3 nitrogen and oxygen atoms in total. The fraction of sp³-hybridized carbons (Fsp3) is 0.467. The number of terminal acetylenes is 1. The first-order chi connectivity index (χ1) is 9.29. The van der Waals surface area contributed by atoms with E-state index in [9.17, 15) is 0 Å². The molecule has 2 rings (SSSR count). The topological polar surface area (TPSA) is 30.5 Å². The van der Waals surface area contributed by atoms with Crippen molar-refractivity contribution in [1.82, 2.24) is 5.32 Å². The first kappa shape index (κ1) is 14.4. The van der Waals surface area contributed by atoms with Gasteiger partial charge >= 0.3 is 0 Å². The summed E-state index contributed by atoms with van der Waals surface area (Å²) in [6, 6.07) is 5.94. The Kier molecular flexibility index (Phi) is 5.71. The highest BCUT2D eigenvalue weighted by atomic mass is 79.9. The summed E-state index contributed by atoms with van der Waals surface area (Å²) in [6.07, 6.45) is 7.88. The summed E-state index contributed by atoms with van der Waals surface area (Å²) in [4.78, 5) is 0. The summed E-state index contributed by atoms with van der Waals surface area (Å²) in [5.74, 6) is 3.32. The minimum absolute atomic E-state index is 0.292. The lowest BCUT2D eigenvalue weighted by Crippen LogP contribution is -2.26. The van der Waals surface area contributed by atoms with Crippen molar-refractivity contribution in [1.29, 1.82) is 0 Å². The van der Waals surface area contributed by atoms with Crippen LogP contribution in [-0.2, 0) is 11.3 Å². The monoisotopic (exact) mass is 323 g/mol. The minimum atomic E-state index is 0.292. The Hall–Kier alpha value is -1.02. The van der Waals surface area contributed by atoms with Crippen molar-refractivity contribution in [3.05, 3.63) is 28.2 Å². The summed E-state index contributed by atoms with van der Waals surface area (Å²) in [5.41, 5.74) is 1.10. The van der Waals surface area contributed by atoms with Crippen molar-refractivity contribution in [2.45, 2.75) is 25.5 Å². The van der Waals surface area contributed by atoms with E-state index in [-0.39, 0.29) is 0 Å². The van der Waals surface area contributed by atoms with Crippen molar-refractivity contribution >= 4 is 15.9 Å². The number of halogens is 1. The maximum Gasteiger partial charge on any atom is 0.148 e. The van der Waals surface area contributed by atoms with Crippen LogP contribution in [0.4, 0.5) is 0 Å². The molecule has 1 unspecified atom stereocenters. The van der Waals surface area contributed by atoms with Crippen LogP contribution in [0.2, 0.25) is 0 Å². The van der Waals surface area contributed by atoms with Crippen molar-refractivity contribution in [3.63, 3.8) is 0 Å².